The van der Waals surface area contributed by atoms with E-state index in [1.165, 1.54) is 6.20 Å². The first kappa shape index (κ1) is 7.31. The van der Waals surface area contributed by atoms with E-state index in [4.69, 9.17) is 11.6 Å². The highest BCUT2D eigenvalue weighted by atomic mass is 35.5. The van der Waals surface area contributed by atoms with E-state index in [0.29, 0.717) is 4.91 Å². The molecule has 3 nitrogen and oxygen atoms in total. The fourth-order valence-corrected chi connectivity index (χ4v) is 2.61. The van der Waals surface area contributed by atoms with E-state index in [2.05, 4.69) is 4.99 Å². The molecule has 0 spiro atoms. The number of hydrogen-bond acceptors (Lipinski definition) is 3. The number of aliphatic imine (C=N–C) groups is 1. The molecule has 2 aliphatic rings. The normalized spacial score (nSPS) is 28.1. The lowest BCUT2D eigenvalue weighted by molar-refractivity contribution is 0.611. The maximum atomic E-state index is 11.2. The molecule has 0 amide bonds. The Morgan fingerprint density at radius 1 is 1.55 bits per heavy atom. The van der Waals surface area contributed by atoms with E-state index in [1.807, 2.05) is 0 Å². The molecule has 0 bridgehead atoms. The minimum absolute atomic E-state index is 0.194. The van der Waals surface area contributed by atoms with E-state index < -0.39 is 9.84 Å². The smallest absolute Gasteiger partial charge is 0.232 e. The van der Waals surface area contributed by atoms with Gasteiger partial charge in [-0.3, -0.25) is 0 Å². The summed E-state index contributed by atoms with van der Waals surface area (Å²) in [6, 6.07) is 0. The maximum Gasteiger partial charge on any atom is 0.232 e. The fraction of sp³-hybridized carbons (Fsp3) is 0.500. The van der Waals surface area contributed by atoms with Crippen LogP contribution in [0.1, 0.15) is 12.8 Å². The van der Waals surface area contributed by atoms with Gasteiger partial charge in [0.05, 0.1) is 4.91 Å². The van der Waals surface area contributed by atoms with Gasteiger partial charge in [-0.2, -0.15) is 0 Å². The van der Waals surface area contributed by atoms with Crippen LogP contribution in [0, 0.1) is 5.92 Å². The van der Waals surface area contributed by atoms with Crippen molar-refractivity contribution in [2.75, 3.05) is 0 Å². The Morgan fingerprint density at radius 2 is 2.18 bits per heavy atom. The molecule has 2 rings (SSSR count). The van der Waals surface area contributed by atoms with Gasteiger partial charge < -0.3 is 0 Å². The molecule has 0 N–H and O–H groups in total. The van der Waals surface area contributed by atoms with Crippen LogP contribution in [-0.4, -0.2) is 12.9 Å². The summed E-state index contributed by atoms with van der Waals surface area (Å²) in [4.78, 5) is 3.97. The molecule has 0 aromatic heterocycles. The minimum atomic E-state index is -3.33. The SMILES string of the molecule is O=S1(=O)C(C2CC2)=CN=C1Cl. The first-order valence-electron chi connectivity index (χ1n) is 3.31. The molecular weight excluding hydrogens is 186 g/mol. The lowest BCUT2D eigenvalue weighted by Crippen LogP contribution is -2.07. The van der Waals surface area contributed by atoms with Crippen LogP contribution in [0.25, 0.3) is 0 Å². The maximum absolute atomic E-state index is 11.2. The van der Waals surface area contributed by atoms with E-state index in [9.17, 15) is 8.42 Å². The summed E-state index contributed by atoms with van der Waals surface area (Å²) in [6.45, 7) is 0. The number of rotatable bonds is 1. The molecule has 0 unspecified atom stereocenters. The van der Waals surface area contributed by atoms with Crippen molar-refractivity contribution in [1.82, 2.24) is 0 Å². The van der Waals surface area contributed by atoms with E-state index >= 15 is 0 Å². The first-order chi connectivity index (χ1) is 5.12. The van der Waals surface area contributed by atoms with Crippen molar-refractivity contribution >= 4 is 25.9 Å². The third kappa shape index (κ3) is 1.01. The van der Waals surface area contributed by atoms with Crippen LogP contribution in [-0.2, 0) is 9.84 Å². The van der Waals surface area contributed by atoms with Crippen molar-refractivity contribution in [3.8, 4) is 0 Å². The third-order valence-electron chi connectivity index (χ3n) is 1.81. The summed E-state index contributed by atoms with van der Waals surface area (Å²) in [5.74, 6) is 0.194. The van der Waals surface area contributed by atoms with Gasteiger partial charge in [-0.1, -0.05) is 0 Å². The Kier molecular flexibility index (Phi) is 1.38. The van der Waals surface area contributed by atoms with Gasteiger partial charge in [-0.15, -0.1) is 0 Å². The van der Waals surface area contributed by atoms with Crippen LogP contribution in [0.4, 0.5) is 0 Å². The third-order valence-corrected chi connectivity index (χ3v) is 4.12. The van der Waals surface area contributed by atoms with E-state index in [0.717, 1.165) is 12.8 Å². The summed E-state index contributed by atoms with van der Waals surface area (Å²) >= 11 is 5.38. The number of sulfone groups is 1. The molecule has 1 fully saturated rings. The second-order valence-electron chi connectivity index (χ2n) is 2.69. The van der Waals surface area contributed by atoms with Crippen LogP contribution in [0.3, 0.4) is 0 Å². The quantitative estimate of drug-likeness (QED) is 0.627. The fourth-order valence-electron chi connectivity index (χ4n) is 1.04. The summed E-state index contributed by atoms with van der Waals surface area (Å²) < 4.78 is 22.2. The molecule has 1 aliphatic carbocycles. The molecule has 0 saturated heterocycles. The Bertz CT molecular complexity index is 351. The number of allylic oxidation sites excluding steroid dienone is 1. The summed E-state index contributed by atoms with van der Waals surface area (Å²) in [6.07, 6.45) is 3.27. The van der Waals surface area contributed by atoms with Crippen molar-refractivity contribution in [3.05, 3.63) is 11.1 Å². The van der Waals surface area contributed by atoms with Gasteiger partial charge in [-0.05, 0) is 30.4 Å². The predicted octanol–water partition coefficient (Wildman–Crippen LogP) is 1.26. The molecule has 5 heteroatoms. The lowest BCUT2D eigenvalue weighted by atomic mass is 10.4. The zero-order valence-corrected chi connectivity index (χ0v) is 7.19. The van der Waals surface area contributed by atoms with Crippen LogP contribution in [0.15, 0.2) is 16.1 Å². The molecule has 1 saturated carbocycles. The van der Waals surface area contributed by atoms with Gasteiger partial charge in [-0.25, -0.2) is 13.4 Å². The molecule has 1 heterocycles. The number of nitrogens with zero attached hydrogens (tertiary/aromatic N) is 1. The highest BCUT2D eigenvalue weighted by Gasteiger charge is 2.39. The Labute approximate surface area is 69.7 Å². The molecule has 60 valence electrons. The molecular formula is C6H6ClNO2S. The number of hydrogen-bond donors (Lipinski definition) is 0. The van der Waals surface area contributed by atoms with Gasteiger partial charge in [0, 0.05) is 6.20 Å². The molecule has 0 radical (unpaired) electrons. The van der Waals surface area contributed by atoms with E-state index in [1.54, 1.807) is 0 Å². The zero-order chi connectivity index (χ0) is 8.06. The van der Waals surface area contributed by atoms with Crippen molar-refractivity contribution < 1.29 is 8.42 Å². The zero-order valence-electron chi connectivity index (χ0n) is 5.62. The van der Waals surface area contributed by atoms with Crippen molar-refractivity contribution in [1.29, 1.82) is 0 Å². The molecule has 0 atom stereocenters. The summed E-state index contributed by atoms with van der Waals surface area (Å²) in [7, 11) is -3.33. The van der Waals surface area contributed by atoms with E-state index in [-0.39, 0.29) is 10.4 Å². The van der Waals surface area contributed by atoms with Crippen molar-refractivity contribution in [2.45, 2.75) is 12.8 Å². The van der Waals surface area contributed by atoms with Gasteiger partial charge in [0.1, 0.15) is 0 Å². The Hall–Kier alpha value is -0.350. The molecule has 0 aromatic carbocycles. The second kappa shape index (κ2) is 2.08. The average Bonchev–Trinajstić information content (AvgIpc) is 2.67. The van der Waals surface area contributed by atoms with Crippen LogP contribution in [0.5, 0.6) is 0 Å². The second-order valence-corrected chi connectivity index (χ2v) is 5.14. The first-order valence-corrected chi connectivity index (χ1v) is 5.17. The lowest BCUT2D eigenvalue weighted by Gasteiger charge is -1.96. The molecule has 1 aliphatic heterocycles. The largest absolute Gasteiger partial charge is 0.232 e. The number of halogens is 1. The molecule has 11 heavy (non-hydrogen) atoms. The van der Waals surface area contributed by atoms with Crippen molar-refractivity contribution in [2.24, 2.45) is 10.9 Å². The molecule has 0 aromatic rings. The van der Waals surface area contributed by atoms with Gasteiger partial charge >= 0.3 is 0 Å². The van der Waals surface area contributed by atoms with Gasteiger partial charge in [0.2, 0.25) is 14.3 Å². The van der Waals surface area contributed by atoms with Crippen LogP contribution < -0.4 is 0 Å². The standard InChI is InChI=1S/C6H6ClNO2S/c7-6-8-3-5(4-1-2-4)11(6,9)10/h3-4H,1-2H2. The van der Waals surface area contributed by atoms with Crippen LogP contribution in [0.2, 0.25) is 0 Å². The van der Waals surface area contributed by atoms with Gasteiger partial charge in [0.25, 0.3) is 0 Å². The topological polar surface area (TPSA) is 46.5 Å². The highest BCUT2D eigenvalue weighted by Crippen LogP contribution is 2.41. The minimum Gasteiger partial charge on any atom is -0.232 e. The van der Waals surface area contributed by atoms with Crippen LogP contribution >= 0.6 is 11.6 Å². The summed E-state index contributed by atoms with van der Waals surface area (Å²) in [5, 5.41) is 0. The Balaban J connectivity index is 2.42. The monoisotopic (exact) mass is 191 g/mol. The highest BCUT2D eigenvalue weighted by molar-refractivity contribution is 8.12. The van der Waals surface area contributed by atoms with Gasteiger partial charge in [0.15, 0.2) is 0 Å². The summed E-state index contributed by atoms with van der Waals surface area (Å²) in [5.41, 5.74) is 0. The Morgan fingerprint density at radius 3 is 2.55 bits per heavy atom. The predicted molar refractivity (Wildman–Crippen MR) is 43.0 cm³/mol. The average molecular weight is 192 g/mol. The van der Waals surface area contributed by atoms with Crippen molar-refractivity contribution in [3.63, 3.8) is 0 Å².